The van der Waals surface area contributed by atoms with Gasteiger partial charge in [-0.05, 0) is 68.2 Å². The molecule has 8 rings (SSSR count). The minimum Gasteiger partial charge on any atom is -0.508 e. The van der Waals surface area contributed by atoms with Crippen LogP contribution in [0, 0.1) is 29.9 Å². The molecule has 4 fully saturated rings. The van der Waals surface area contributed by atoms with Crippen molar-refractivity contribution in [2.24, 2.45) is 5.92 Å². The molecule has 2 aromatic carbocycles. The minimum absolute atomic E-state index is 0.0278. The molecule has 2 aromatic heterocycles. The fourth-order valence-electron chi connectivity index (χ4n) is 8.63. The number of aromatic hydroxyl groups is 1. The summed E-state index contributed by atoms with van der Waals surface area (Å²) in [4.78, 5) is 18.8. The topological polar surface area (TPSA) is 86.6 Å². The van der Waals surface area contributed by atoms with Crippen LogP contribution in [0.2, 0.25) is 0 Å². The van der Waals surface area contributed by atoms with Crippen molar-refractivity contribution >= 4 is 27.5 Å². The van der Waals surface area contributed by atoms with Crippen LogP contribution in [-0.2, 0) is 0 Å². The predicted molar refractivity (Wildman–Crippen MR) is 179 cm³/mol. The number of hydrogen-bond donors (Lipinski definition) is 2. The summed E-state index contributed by atoms with van der Waals surface area (Å²) in [5.74, 6) is 1.91. The molecule has 4 aliphatic heterocycles. The van der Waals surface area contributed by atoms with Gasteiger partial charge in [0.05, 0.1) is 16.5 Å². The zero-order chi connectivity index (χ0) is 32.7. The number of rotatable bonds is 6. The summed E-state index contributed by atoms with van der Waals surface area (Å²) < 4.78 is 38.3. The molecule has 242 valence electrons. The van der Waals surface area contributed by atoms with Crippen molar-refractivity contribution in [3.05, 3.63) is 59.8 Å². The van der Waals surface area contributed by atoms with E-state index in [1.165, 1.54) is 29.8 Å². The van der Waals surface area contributed by atoms with Crippen LogP contribution in [-0.4, -0.2) is 74.9 Å². The molecule has 47 heavy (non-hydrogen) atoms. The Hall–Kier alpha value is -4.33. The van der Waals surface area contributed by atoms with E-state index in [0.29, 0.717) is 47.6 Å². The summed E-state index contributed by atoms with van der Waals surface area (Å²) in [6.07, 6.45) is 12.3. The average molecular weight is 637 g/mol. The first-order valence-corrected chi connectivity index (χ1v) is 16.5. The number of piperazine rings is 1. The Morgan fingerprint density at radius 2 is 2.09 bits per heavy atom. The van der Waals surface area contributed by atoms with Gasteiger partial charge in [-0.25, -0.2) is 8.78 Å². The maximum absolute atomic E-state index is 17.0. The largest absolute Gasteiger partial charge is 0.508 e. The van der Waals surface area contributed by atoms with Gasteiger partial charge in [0.1, 0.15) is 35.2 Å². The summed E-state index contributed by atoms with van der Waals surface area (Å²) in [5, 5.41) is 15.7. The molecular weight excluding hydrogens is 598 g/mol. The number of phenols is 1. The Kier molecular flexibility index (Phi) is 6.94. The summed E-state index contributed by atoms with van der Waals surface area (Å²) in [5.41, 5.74) is 1.04. The van der Waals surface area contributed by atoms with Gasteiger partial charge in [-0.15, -0.1) is 6.42 Å². The lowest BCUT2D eigenvalue weighted by Gasteiger charge is -2.44. The van der Waals surface area contributed by atoms with E-state index in [1.807, 2.05) is 0 Å². The first-order valence-electron chi connectivity index (χ1n) is 16.5. The van der Waals surface area contributed by atoms with Crippen LogP contribution in [0.15, 0.2) is 42.6 Å². The van der Waals surface area contributed by atoms with Gasteiger partial charge >= 0.3 is 6.01 Å². The number of halogens is 2. The number of pyridine rings is 1. The second-order valence-electron chi connectivity index (χ2n) is 14.2. The van der Waals surface area contributed by atoms with Crippen LogP contribution < -0.4 is 15.0 Å². The first-order chi connectivity index (χ1) is 22.6. The molecule has 0 amide bonds. The number of terminal acetylenes is 1. The van der Waals surface area contributed by atoms with Crippen molar-refractivity contribution in [3.8, 4) is 35.4 Å². The highest BCUT2D eigenvalue weighted by Gasteiger charge is 2.48. The number of fused-ring (bicyclic) bond motifs is 5. The van der Waals surface area contributed by atoms with Gasteiger partial charge in [0.15, 0.2) is 5.82 Å². The summed E-state index contributed by atoms with van der Waals surface area (Å²) in [6, 6.07) is 5.96. The van der Waals surface area contributed by atoms with Crippen molar-refractivity contribution in [1.29, 1.82) is 0 Å². The molecule has 8 nitrogen and oxygen atoms in total. The molecule has 0 aliphatic carbocycles. The van der Waals surface area contributed by atoms with Crippen molar-refractivity contribution in [2.75, 3.05) is 37.7 Å². The third kappa shape index (κ3) is 4.74. The second-order valence-corrected chi connectivity index (χ2v) is 14.2. The molecule has 6 heterocycles. The van der Waals surface area contributed by atoms with E-state index in [9.17, 15) is 9.50 Å². The third-order valence-corrected chi connectivity index (χ3v) is 11.0. The van der Waals surface area contributed by atoms with E-state index in [0.717, 1.165) is 45.2 Å². The lowest BCUT2D eigenvalue weighted by Crippen LogP contribution is -2.62. The first kappa shape index (κ1) is 30.0. The molecule has 10 heteroatoms. The van der Waals surface area contributed by atoms with Crippen molar-refractivity contribution in [2.45, 2.75) is 63.1 Å². The van der Waals surface area contributed by atoms with E-state index in [1.54, 1.807) is 6.20 Å². The van der Waals surface area contributed by atoms with Crippen molar-refractivity contribution in [1.82, 2.24) is 25.2 Å². The Morgan fingerprint density at radius 1 is 1.23 bits per heavy atom. The molecule has 2 unspecified atom stereocenters. The van der Waals surface area contributed by atoms with Crippen LogP contribution >= 0.6 is 0 Å². The van der Waals surface area contributed by atoms with Gasteiger partial charge in [-0.3, -0.25) is 9.88 Å². The Balaban J connectivity index is 1.29. The van der Waals surface area contributed by atoms with Gasteiger partial charge in [0.2, 0.25) is 0 Å². The van der Waals surface area contributed by atoms with E-state index >= 15 is 4.39 Å². The summed E-state index contributed by atoms with van der Waals surface area (Å²) in [6.45, 7) is 12.3. The molecule has 0 spiro atoms. The molecule has 3 atom stereocenters. The average Bonchev–Trinajstić information content (AvgIpc) is 3.69. The van der Waals surface area contributed by atoms with Crippen LogP contribution in [0.3, 0.4) is 0 Å². The molecular formula is C37H38F2N6O2. The highest BCUT2D eigenvalue weighted by molar-refractivity contribution is 6.03. The number of nitrogens with one attached hydrogen (secondary N) is 1. The number of aromatic nitrogens is 3. The van der Waals surface area contributed by atoms with Gasteiger partial charge < -0.3 is 20.1 Å². The van der Waals surface area contributed by atoms with Crippen LogP contribution in [0.4, 0.5) is 14.6 Å². The summed E-state index contributed by atoms with van der Waals surface area (Å²) in [7, 11) is 0. The van der Waals surface area contributed by atoms with Gasteiger partial charge in [-0.2, -0.15) is 9.97 Å². The lowest BCUT2D eigenvalue weighted by molar-refractivity contribution is 0.108. The van der Waals surface area contributed by atoms with Crippen LogP contribution in [0.1, 0.15) is 51.5 Å². The second kappa shape index (κ2) is 10.9. The van der Waals surface area contributed by atoms with Gasteiger partial charge in [0, 0.05) is 48.4 Å². The quantitative estimate of drug-likeness (QED) is 0.199. The van der Waals surface area contributed by atoms with E-state index in [-0.39, 0.29) is 51.2 Å². The number of phenolic OH excluding ortho intramolecular Hbond substituents is 1. The molecule has 0 radical (unpaired) electrons. The van der Waals surface area contributed by atoms with Gasteiger partial charge in [-0.1, -0.05) is 38.0 Å². The molecule has 0 saturated carbocycles. The minimum atomic E-state index is -0.721. The molecule has 4 aliphatic rings. The highest BCUT2D eigenvalue weighted by atomic mass is 19.1. The molecule has 2 bridgehead atoms. The summed E-state index contributed by atoms with van der Waals surface area (Å²) >= 11 is 0. The Labute approximate surface area is 272 Å². The monoisotopic (exact) mass is 636 g/mol. The molecule has 2 N–H and O–H groups in total. The fourth-order valence-corrected chi connectivity index (χ4v) is 8.63. The third-order valence-electron chi connectivity index (χ3n) is 11.0. The van der Waals surface area contributed by atoms with E-state index < -0.39 is 11.6 Å². The standard InChI is InChI=1S/C37H38F2N6O2/c1-5-26-29(38)8-7-23-13-25(46)14-27(30(23)26)32-31(39)33-28(16-40-32)34(44-18-24-9-11-37(19-44,43-24)21(2)3)42-35(41-33)47-20-36-10-6-12-45(36)17-22(4)15-36/h1,7-8,13-14,16,21,24,43,46H,4,6,9-12,15,17-20H2,2-3H3/t24?,36-,37?/m0/s1. The van der Waals surface area contributed by atoms with E-state index in [4.69, 9.17) is 16.1 Å². The van der Waals surface area contributed by atoms with Crippen molar-refractivity contribution in [3.63, 3.8) is 0 Å². The van der Waals surface area contributed by atoms with Crippen LogP contribution in [0.25, 0.3) is 32.9 Å². The Morgan fingerprint density at radius 3 is 2.89 bits per heavy atom. The molecule has 4 saturated heterocycles. The SMILES string of the molecule is C#Cc1c(F)ccc2cc(O)cc(-c3ncc4c(N5CC6CCC(C(C)C)(C5)N6)nc(OC[C@@]56CCCN5CC(=C)C6)nc4c3F)c12. The molecule has 4 aromatic rings. The maximum Gasteiger partial charge on any atom is 0.319 e. The van der Waals surface area contributed by atoms with E-state index in [2.05, 4.69) is 51.4 Å². The Bertz CT molecular complexity index is 2010. The smallest absolute Gasteiger partial charge is 0.319 e. The van der Waals surface area contributed by atoms with Gasteiger partial charge in [0.25, 0.3) is 0 Å². The number of anilines is 1. The number of nitrogens with zero attached hydrogens (tertiary/aromatic N) is 5. The van der Waals surface area contributed by atoms with Crippen LogP contribution in [0.5, 0.6) is 11.8 Å². The van der Waals surface area contributed by atoms with Crippen molar-refractivity contribution < 1.29 is 18.6 Å². The fraction of sp³-hybridized carbons (Fsp3) is 0.432. The number of benzene rings is 2. The normalized spacial score (nSPS) is 25.7. The number of hydrogen-bond acceptors (Lipinski definition) is 8. The highest BCUT2D eigenvalue weighted by Crippen LogP contribution is 2.43. The zero-order valence-electron chi connectivity index (χ0n) is 26.7. The zero-order valence-corrected chi connectivity index (χ0v) is 26.7. The lowest BCUT2D eigenvalue weighted by atomic mass is 9.84. The maximum atomic E-state index is 17.0. The predicted octanol–water partition coefficient (Wildman–Crippen LogP) is 5.95. The number of ether oxygens (including phenoxy) is 1.